The summed E-state index contributed by atoms with van der Waals surface area (Å²) in [7, 11) is 3.55. The fourth-order valence-corrected chi connectivity index (χ4v) is 1.00. The second-order valence-electron chi connectivity index (χ2n) is 3.22. The van der Waals surface area contributed by atoms with Crippen LogP contribution < -0.4 is 5.73 Å². The number of hydrogen-bond donors (Lipinski definition) is 1. The molecule has 0 bridgehead atoms. The molecule has 0 atom stereocenters. The number of nitrogens with two attached hydrogens (primary N) is 1. The average Bonchev–Trinajstić information content (AvgIpc) is 2.13. The van der Waals surface area contributed by atoms with E-state index in [9.17, 15) is 4.39 Å². The maximum Gasteiger partial charge on any atom is 0.145 e. The van der Waals surface area contributed by atoms with E-state index >= 15 is 0 Å². The van der Waals surface area contributed by atoms with Crippen LogP contribution in [0.3, 0.4) is 0 Å². The Morgan fingerprint density at radius 3 is 2.73 bits per heavy atom. The topological polar surface area (TPSA) is 65.4 Å². The van der Waals surface area contributed by atoms with Crippen molar-refractivity contribution < 1.29 is 4.39 Å². The Morgan fingerprint density at radius 1 is 1.53 bits per heavy atom. The van der Waals surface area contributed by atoms with E-state index < -0.39 is 5.82 Å². The lowest BCUT2D eigenvalue weighted by Gasteiger charge is -2.04. The van der Waals surface area contributed by atoms with Crippen LogP contribution in [0.25, 0.3) is 0 Å². The van der Waals surface area contributed by atoms with Gasteiger partial charge in [-0.3, -0.25) is 0 Å². The van der Waals surface area contributed by atoms with Gasteiger partial charge in [0.25, 0.3) is 0 Å². The highest BCUT2D eigenvalue weighted by Gasteiger charge is 2.08. The SMILES string of the molecule is CN(C)C=Nc1cc(N)cc(F)c1C#N. The highest BCUT2D eigenvalue weighted by molar-refractivity contribution is 5.68. The summed E-state index contributed by atoms with van der Waals surface area (Å²) in [5.74, 6) is -0.650. The van der Waals surface area contributed by atoms with E-state index in [1.165, 1.54) is 12.4 Å². The third-order valence-electron chi connectivity index (χ3n) is 1.63. The first-order valence-electron chi connectivity index (χ1n) is 4.24. The van der Waals surface area contributed by atoms with Crippen LogP contribution in [0, 0.1) is 17.1 Å². The number of rotatable bonds is 2. The van der Waals surface area contributed by atoms with Crippen molar-refractivity contribution in [2.24, 2.45) is 4.99 Å². The van der Waals surface area contributed by atoms with Crippen molar-refractivity contribution in [1.82, 2.24) is 4.90 Å². The summed E-state index contributed by atoms with van der Waals surface area (Å²) >= 11 is 0. The van der Waals surface area contributed by atoms with Gasteiger partial charge >= 0.3 is 0 Å². The zero-order valence-electron chi connectivity index (χ0n) is 8.53. The lowest BCUT2D eigenvalue weighted by atomic mass is 10.1. The first kappa shape index (κ1) is 11.0. The van der Waals surface area contributed by atoms with E-state index in [1.54, 1.807) is 25.1 Å². The van der Waals surface area contributed by atoms with E-state index in [2.05, 4.69) is 4.99 Å². The maximum absolute atomic E-state index is 13.2. The molecule has 0 heterocycles. The predicted molar refractivity (Wildman–Crippen MR) is 57.4 cm³/mol. The lowest BCUT2D eigenvalue weighted by molar-refractivity contribution is 0.624. The molecule has 0 aliphatic rings. The molecule has 0 saturated heterocycles. The number of aliphatic imine (C=N–C) groups is 1. The molecule has 1 aromatic carbocycles. The third kappa shape index (κ3) is 2.68. The summed E-state index contributed by atoms with van der Waals surface area (Å²) in [5.41, 5.74) is 5.84. The second-order valence-corrected chi connectivity index (χ2v) is 3.22. The van der Waals surface area contributed by atoms with E-state index in [0.29, 0.717) is 0 Å². The van der Waals surface area contributed by atoms with Crippen molar-refractivity contribution in [1.29, 1.82) is 5.26 Å². The zero-order valence-corrected chi connectivity index (χ0v) is 8.53. The van der Waals surface area contributed by atoms with Gasteiger partial charge in [0.2, 0.25) is 0 Å². The molecule has 0 saturated carbocycles. The molecular formula is C10H11FN4. The molecule has 0 fully saturated rings. The third-order valence-corrected chi connectivity index (χ3v) is 1.63. The van der Waals surface area contributed by atoms with Gasteiger partial charge < -0.3 is 10.6 Å². The molecule has 0 aromatic heterocycles. The van der Waals surface area contributed by atoms with Gasteiger partial charge in [0.05, 0.1) is 12.0 Å². The molecule has 0 radical (unpaired) electrons. The number of nitriles is 1. The number of anilines is 1. The molecule has 5 heteroatoms. The molecule has 0 unspecified atom stereocenters. The van der Waals surface area contributed by atoms with Crippen LogP contribution in [0.4, 0.5) is 15.8 Å². The number of benzene rings is 1. The number of nitrogens with zero attached hydrogens (tertiary/aromatic N) is 3. The first-order chi connectivity index (χ1) is 7.04. The molecule has 4 nitrogen and oxygen atoms in total. The standard InChI is InChI=1S/C10H11FN4/c1-15(2)6-14-10-4-7(13)3-9(11)8(10)5-12/h3-4,6H,13H2,1-2H3. The summed E-state index contributed by atoms with van der Waals surface area (Å²) in [6, 6.07) is 4.32. The summed E-state index contributed by atoms with van der Waals surface area (Å²) in [4.78, 5) is 5.64. The fraction of sp³-hybridized carbons (Fsp3) is 0.200. The summed E-state index contributed by atoms with van der Waals surface area (Å²) in [6.45, 7) is 0. The van der Waals surface area contributed by atoms with Crippen molar-refractivity contribution in [2.45, 2.75) is 0 Å². The second kappa shape index (κ2) is 4.42. The number of halogens is 1. The fourth-order valence-electron chi connectivity index (χ4n) is 1.00. The van der Waals surface area contributed by atoms with E-state index in [1.807, 2.05) is 0 Å². The average molecular weight is 206 g/mol. The molecule has 15 heavy (non-hydrogen) atoms. The molecule has 0 aliphatic heterocycles. The van der Waals surface area contributed by atoms with Gasteiger partial charge in [0.15, 0.2) is 0 Å². The molecule has 0 aliphatic carbocycles. The quantitative estimate of drug-likeness (QED) is 0.453. The summed E-state index contributed by atoms with van der Waals surface area (Å²) in [5, 5.41) is 8.74. The molecule has 0 amide bonds. The van der Waals surface area contributed by atoms with Crippen molar-refractivity contribution >= 4 is 17.7 Å². The minimum atomic E-state index is -0.650. The molecule has 0 spiro atoms. The van der Waals surface area contributed by atoms with Gasteiger partial charge in [0.1, 0.15) is 17.4 Å². The minimum Gasteiger partial charge on any atom is -0.399 e. The van der Waals surface area contributed by atoms with Gasteiger partial charge in [0, 0.05) is 19.8 Å². The van der Waals surface area contributed by atoms with Crippen LogP contribution in [-0.2, 0) is 0 Å². The Kier molecular flexibility index (Phi) is 3.24. The number of hydrogen-bond acceptors (Lipinski definition) is 3. The Balaban J connectivity index is 3.22. The summed E-state index contributed by atoms with van der Waals surface area (Å²) in [6.07, 6.45) is 1.48. The summed E-state index contributed by atoms with van der Waals surface area (Å²) < 4.78 is 13.2. The van der Waals surface area contributed by atoms with Crippen molar-refractivity contribution in [3.05, 3.63) is 23.5 Å². The lowest BCUT2D eigenvalue weighted by Crippen LogP contribution is -2.07. The Labute approximate surface area is 87.4 Å². The van der Waals surface area contributed by atoms with Crippen LogP contribution in [0.15, 0.2) is 17.1 Å². The van der Waals surface area contributed by atoms with Crippen LogP contribution in [-0.4, -0.2) is 25.3 Å². The molecule has 78 valence electrons. The van der Waals surface area contributed by atoms with Crippen molar-refractivity contribution in [3.63, 3.8) is 0 Å². The van der Waals surface area contributed by atoms with E-state index in [-0.39, 0.29) is 16.9 Å². The van der Waals surface area contributed by atoms with Gasteiger partial charge in [-0.15, -0.1) is 0 Å². The predicted octanol–water partition coefficient (Wildman–Crippen LogP) is 1.50. The van der Waals surface area contributed by atoms with E-state index in [0.717, 1.165) is 6.07 Å². The minimum absolute atomic E-state index is 0.0951. The van der Waals surface area contributed by atoms with E-state index in [4.69, 9.17) is 11.0 Å². The normalized spacial score (nSPS) is 10.3. The van der Waals surface area contributed by atoms with Gasteiger partial charge in [-0.05, 0) is 12.1 Å². The molecule has 2 N–H and O–H groups in total. The largest absolute Gasteiger partial charge is 0.399 e. The molecular weight excluding hydrogens is 195 g/mol. The number of nitrogen functional groups attached to an aromatic ring is 1. The monoisotopic (exact) mass is 206 g/mol. The highest BCUT2D eigenvalue weighted by Crippen LogP contribution is 2.24. The Morgan fingerprint density at radius 2 is 2.20 bits per heavy atom. The van der Waals surface area contributed by atoms with Crippen LogP contribution >= 0.6 is 0 Å². The van der Waals surface area contributed by atoms with Crippen molar-refractivity contribution in [3.8, 4) is 6.07 Å². The Bertz CT molecular complexity index is 432. The van der Waals surface area contributed by atoms with Crippen LogP contribution in [0.1, 0.15) is 5.56 Å². The van der Waals surface area contributed by atoms with Gasteiger partial charge in [-0.2, -0.15) is 5.26 Å². The smallest absolute Gasteiger partial charge is 0.145 e. The van der Waals surface area contributed by atoms with Gasteiger partial charge in [-0.1, -0.05) is 0 Å². The first-order valence-corrected chi connectivity index (χ1v) is 4.24. The zero-order chi connectivity index (χ0) is 11.4. The maximum atomic E-state index is 13.2. The highest BCUT2D eigenvalue weighted by atomic mass is 19.1. The van der Waals surface area contributed by atoms with Crippen LogP contribution in [0.5, 0.6) is 0 Å². The molecule has 1 aromatic rings. The Hall–Kier alpha value is -2.09. The molecule has 1 rings (SSSR count). The van der Waals surface area contributed by atoms with Crippen molar-refractivity contribution in [2.75, 3.05) is 19.8 Å². The van der Waals surface area contributed by atoms with Crippen LogP contribution in [0.2, 0.25) is 0 Å². The van der Waals surface area contributed by atoms with Gasteiger partial charge in [-0.25, -0.2) is 9.38 Å².